The highest BCUT2D eigenvalue weighted by molar-refractivity contribution is 5.84. The van der Waals surface area contributed by atoms with Crippen molar-refractivity contribution >= 4 is 16.9 Å². The summed E-state index contributed by atoms with van der Waals surface area (Å²) in [5.74, 6) is 0.502. The molecule has 0 radical (unpaired) electrons. The number of likely N-dealkylation sites (tertiary alicyclic amines) is 1. The molecule has 6 heteroatoms. The molecule has 0 aromatic carbocycles. The summed E-state index contributed by atoms with van der Waals surface area (Å²) in [5, 5.41) is 5.17. The summed E-state index contributed by atoms with van der Waals surface area (Å²) in [5.41, 5.74) is 6.60. The third-order valence-corrected chi connectivity index (χ3v) is 3.29. The lowest BCUT2D eigenvalue weighted by molar-refractivity contribution is 0.317. The fourth-order valence-corrected chi connectivity index (χ4v) is 2.32. The van der Waals surface area contributed by atoms with Crippen molar-refractivity contribution in [3.63, 3.8) is 0 Å². The van der Waals surface area contributed by atoms with E-state index >= 15 is 0 Å². The van der Waals surface area contributed by atoms with Crippen molar-refractivity contribution in [3.05, 3.63) is 12.5 Å². The van der Waals surface area contributed by atoms with Crippen molar-refractivity contribution in [2.75, 3.05) is 25.4 Å². The Bertz CT molecular complexity index is 514. The van der Waals surface area contributed by atoms with E-state index in [0.29, 0.717) is 5.82 Å². The van der Waals surface area contributed by atoms with Crippen LogP contribution in [-0.2, 0) is 6.54 Å². The molecule has 3 heterocycles. The molecule has 2 aromatic rings. The second-order valence-corrected chi connectivity index (χ2v) is 4.41. The molecule has 0 bridgehead atoms. The topological polar surface area (TPSA) is 72.9 Å². The van der Waals surface area contributed by atoms with Gasteiger partial charge in [-0.25, -0.2) is 14.6 Å². The molecule has 1 aliphatic heterocycles. The second kappa shape index (κ2) is 4.29. The van der Waals surface area contributed by atoms with Gasteiger partial charge in [0.1, 0.15) is 12.1 Å². The van der Waals surface area contributed by atoms with Gasteiger partial charge in [0.25, 0.3) is 0 Å². The number of nitrogens with zero attached hydrogens (tertiary/aromatic N) is 5. The summed E-state index contributed by atoms with van der Waals surface area (Å²) in [4.78, 5) is 10.7. The maximum Gasteiger partial charge on any atom is 0.163 e. The smallest absolute Gasteiger partial charge is 0.163 e. The summed E-state index contributed by atoms with van der Waals surface area (Å²) < 4.78 is 1.91. The molecule has 0 amide bonds. The van der Waals surface area contributed by atoms with Crippen LogP contribution in [0.5, 0.6) is 0 Å². The molecular weight excluding hydrogens is 216 g/mol. The van der Waals surface area contributed by atoms with Gasteiger partial charge in [0, 0.05) is 6.54 Å². The Hall–Kier alpha value is -1.69. The first kappa shape index (κ1) is 10.5. The van der Waals surface area contributed by atoms with Gasteiger partial charge in [-0.15, -0.1) is 0 Å². The molecule has 0 aliphatic carbocycles. The van der Waals surface area contributed by atoms with E-state index in [4.69, 9.17) is 5.73 Å². The maximum absolute atomic E-state index is 5.77. The molecule has 0 saturated carbocycles. The molecule has 6 nitrogen and oxygen atoms in total. The zero-order valence-corrected chi connectivity index (χ0v) is 9.71. The molecule has 1 aliphatic rings. The fraction of sp³-hybridized carbons (Fsp3) is 0.545. The van der Waals surface area contributed by atoms with Crippen LogP contribution in [0.15, 0.2) is 12.5 Å². The maximum atomic E-state index is 5.77. The van der Waals surface area contributed by atoms with Crippen LogP contribution in [0.2, 0.25) is 0 Å². The first-order valence-electron chi connectivity index (χ1n) is 5.99. The predicted octanol–water partition coefficient (Wildman–Crippen LogP) is 0.504. The summed E-state index contributed by atoms with van der Waals surface area (Å²) >= 11 is 0. The van der Waals surface area contributed by atoms with E-state index in [1.807, 2.05) is 4.68 Å². The molecule has 2 N–H and O–H groups in total. The number of nitrogen functional groups attached to an aromatic ring is 1. The van der Waals surface area contributed by atoms with Crippen LogP contribution in [0.4, 0.5) is 5.82 Å². The van der Waals surface area contributed by atoms with E-state index in [1.54, 1.807) is 6.20 Å². The number of aromatic nitrogens is 4. The predicted molar refractivity (Wildman–Crippen MR) is 65.4 cm³/mol. The summed E-state index contributed by atoms with van der Waals surface area (Å²) in [6.07, 6.45) is 5.87. The lowest BCUT2D eigenvalue weighted by Crippen LogP contribution is -2.24. The molecule has 1 fully saturated rings. The van der Waals surface area contributed by atoms with Crippen LogP contribution >= 0.6 is 0 Å². The molecule has 90 valence electrons. The van der Waals surface area contributed by atoms with Crippen LogP contribution in [0.1, 0.15) is 12.8 Å². The van der Waals surface area contributed by atoms with Gasteiger partial charge in [0.2, 0.25) is 0 Å². The van der Waals surface area contributed by atoms with Crippen molar-refractivity contribution in [2.45, 2.75) is 19.4 Å². The molecule has 1 saturated heterocycles. The highest BCUT2D eigenvalue weighted by Gasteiger charge is 2.12. The van der Waals surface area contributed by atoms with Crippen LogP contribution in [0.25, 0.3) is 11.0 Å². The zero-order valence-electron chi connectivity index (χ0n) is 9.71. The number of fused-ring (bicyclic) bond motifs is 1. The Labute approximate surface area is 99.4 Å². The minimum Gasteiger partial charge on any atom is -0.383 e. The third-order valence-electron chi connectivity index (χ3n) is 3.29. The Balaban J connectivity index is 1.78. The number of hydrogen-bond donors (Lipinski definition) is 1. The Morgan fingerprint density at radius 1 is 1.18 bits per heavy atom. The van der Waals surface area contributed by atoms with Crippen LogP contribution < -0.4 is 5.73 Å². The van der Waals surface area contributed by atoms with E-state index in [0.717, 1.165) is 24.1 Å². The second-order valence-electron chi connectivity index (χ2n) is 4.41. The number of anilines is 1. The zero-order chi connectivity index (χ0) is 11.7. The van der Waals surface area contributed by atoms with Crippen LogP contribution in [-0.4, -0.2) is 44.3 Å². The Morgan fingerprint density at radius 2 is 2.00 bits per heavy atom. The lowest BCUT2D eigenvalue weighted by Gasteiger charge is -2.14. The van der Waals surface area contributed by atoms with Crippen molar-refractivity contribution in [3.8, 4) is 0 Å². The van der Waals surface area contributed by atoms with E-state index in [-0.39, 0.29) is 0 Å². The number of nitrogens with two attached hydrogens (primary N) is 1. The molecule has 17 heavy (non-hydrogen) atoms. The summed E-state index contributed by atoms with van der Waals surface area (Å²) in [7, 11) is 0. The number of rotatable bonds is 3. The quantitative estimate of drug-likeness (QED) is 0.834. The van der Waals surface area contributed by atoms with Gasteiger partial charge in [-0.05, 0) is 25.9 Å². The summed E-state index contributed by atoms with van der Waals surface area (Å²) in [6, 6.07) is 0. The summed E-state index contributed by atoms with van der Waals surface area (Å²) in [6.45, 7) is 4.30. The monoisotopic (exact) mass is 232 g/mol. The third kappa shape index (κ3) is 1.95. The van der Waals surface area contributed by atoms with Gasteiger partial charge >= 0.3 is 0 Å². The molecule has 3 rings (SSSR count). The van der Waals surface area contributed by atoms with Crippen molar-refractivity contribution in [1.29, 1.82) is 0 Å². The van der Waals surface area contributed by atoms with Crippen LogP contribution in [0, 0.1) is 0 Å². The molecule has 0 atom stereocenters. The molecule has 2 aromatic heterocycles. The first-order valence-corrected chi connectivity index (χ1v) is 5.99. The van der Waals surface area contributed by atoms with Crippen molar-refractivity contribution < 1.29 is 0 Å². The van der Waals surface area contributed by atoms with Gasteiger partial charge in [0.15, 0.2) is 5.65 Å². The minimum absolute atomic E-state index is 0.502. The standard InChI is InChI=1S/C11H16N6/c12-10-9-7-15-17(11(9)14-8-13-10)6-5-16-3-1-2-4-16/h7-8H,1-6H2,(H2,12,13,14). The van der Waals surface area contributed by atoms with E-state index in [9.17, 15) is 0 Å². The molecule has 0 unspecified atom stereocenters. The average Bonchev–Trinajstić information content (AvgIpc) is 2.95. The van der Waals surface area contributed by atoms with Gasteiger partial charge in [-0.3, -0.25) is 0 Å². The fourth-order valence-electron chi connectivity index (χ4n) is 2.32. The average molecular weight is 232 g/mol. The van der Waals surface area contributed by atoms with Crippen molar-refractivity contribution in [1.82, 2.24) is 24.6 Å². The molecular formula is C11H16N6. The number of hydrogen-bond acceptors (Lipinski definition) is 5. The highest BCUT2D eigenvalue weighted by atomic mass is 15.3. The Kier molecular flexibility index (Phi) is 2.64. The van der Waals surface area contributed by atoms with Crippen molar-refractivity contribution in [2.24, 2.45) is 0 Å². The van der Waals surface area contributed by atoms with Gasteiger partial charge in [-0.1, -0.05) is 0 Å². The van der Waals surface area contributed by atoms with E-state index < -0.39 is 0 Å². The normalized spacial score (nSPS) is 16.9. The molecule has 0 spiro atoms. The van der Waals surface area contributed by atoms with Crippen LogP contribution in [0.3, 0.4) is 0 Å². The lowest BCUT2D eigenvalue weighted by atomic mass is 10.4. The minimum atomic E-state index is 0.502. The van der Waals surface area contributed by atoms with Gasteiger partial charge < -0.3 is 10.6 Å². The Morgan fingerprint density at radius 3 is 2.82 bits per heavy atom. The van der Waals surface area contributed by atoms with E-state index in [1.165, 1.54) is 32.3 Å². The van der Waals surface area contributed by atoms with Gasteiger partial charge in [-0.2, -0.15) is 5.10 Å². The van der Waals surface area contributed by atoms with Gasteiger partial charge in [0.05, 0.1) is 18.1 Å². The SMILES string of the molecule is Nc1ncnc2c1cnn2CCN1CCCC1. The first-order chi connectivity index (χ1) is 8.34. The largest absolute Gasteiger partial charge is 0.383 e. The van der Waals surface area contributed by atoms with E-state index in [2.05, 4.69) is 20.0 Å². The highest BCUT2D eigenvalue weighted by Crippen LogP contribution is 2.15.